The van der Waals surface area contributed by atoms with Crippen LogP contribution in [0.1, 0.15) is 40.8 Å². The molecule has 2 aromatic carbocycles. The molecule has 0 aliphatic carbocycles. The fourth-order valence-corrected chi connectivity index (χ4v) is 4.84. The molecule has 30 heavy (non-hydrogen) atoms. The molecule has 0 aliphatic heterocycles. The summed E-state index contributed by atoms with van der Waals surface area (Å²) in [6, 6.07) is 12.5. The van der Waals surface area contributed by atoms with Gasteiger partial charge in [-0.1, -0.05) is 35.9 Å². The molecule has 2 amide bonds. The molecule has 0 atom stereocenters. The van der Waals surface area contributed by atoms with Crippen LogP contribution < -0.4 is 16.0 Å². The Morgan fingerprint density at radius 1 is 1.07 bits per heavy atom. The lowest BCUT2D eigenvalue weighted by atomic mass is 10.1. The van der Waals surface area contributed by atoms with Gasteiger partial charge in [-0.05, 0) is 67.1 Å². The molecule has 3 rings (SSSR count). The van der Waals surface area contributed by atoms with Crippen LogP contribution in [-0.4, -0.2) is 22.5 Å². The van der Waals surface area contributed by atoms with Crippen LogP contribution in [0.5, 0.6) is 0 Å². The van der Waals surface area contributed by atoms with Crippen LogP contribution in [0, 0.1) is 0 Å². The van der Waals surface area contributed by atoms with Crippen LogP contribution in [0.3, 0.4) is 0 Å². The Morgan fingerprint density at radius 2 is 1.77 bits per heavy atom. The quantitative estimate of drug-likeness (QED) is 0.369. The minimum Gasteiger partial charge on any atom is -0.347 e. The van der Waals surface area contributed by atoms with Gasteiger partial charge in [0.2, 0.25) is 0 Å². The highest BCUT2D eigenvalue weighted by Crippen LogP contribution is 2.39. The molecule has 3 aromatic rings. The maximum absolute atomic E-state index is 12.6. The minimum atomic E-state index is -0.380. The Bertz CT molecular complexity index is 1150. The first-order valence-electron chi connectivity index (χ1n) is 8.97. The lowest BCUT2D eigenvalue weighted by molar-refractivity contribution is 0.0922. The fourth-order valence-electron chi connectivity index (χ4n) is 2.70. The molecule has 0 fully saturated rings. The van der Waals surface area contributed by atoms with E-state index in [2.05, 4.69) is 31.9 Å². The molecular formula is C21H19BrClN3O2S2. The van der Waals surface area contributed by atoms with E-state index in [1.165, 1.54) is 11.3 Å². The maximum Gasteiger partial charge on any atom is 0.263 e. The molecule has 1 aromatic heterocycles. The average molecular weight is 525 g/mol. The molecule has 156 valence electrons. The zero-order valence-electron chi connectivity index (χ0n) is 16.4. The van der Waals surface area contributed by atoms with Crippen molar-refractivity contribution in [3.05, 3.63) is 62.4 Å². The first-order valence-corrected chi connectivity index (χ1v) is 11.4. The molecule has 0 spiro atoms. The number of benzene rings is 2. The van der Waals surface area contributed by atoms with Crippen molar-refractivity contribution in [2.24, 2.45) is 0 Å². The summed E-state index contributed by atoms with van der Waals surface area (Å²) in [4.78, 5) is 25.5. The van der Waals surface area contributed by atoms with Crippen LogP contribution in [0.2, 0.25) is 5.02 Å². The number of thiocarbonyl (C=S) groups is 1. The first kappa shape index (κ1) is 22.7. The summed E-state index contributed by atoms with van der Waals surface area (Å²) in [5.74, 6) is -0.564. The number of carbonyl (C=O) groups is 2. The van der Waals surface area contributed by atoms with Gasteiger partial charge < -0.3 is 10.6 Å². The fraction of sp³-hybridized carbons (Fsp3) is 0.190. The maximum atomic E-state index is 12.6. The van der Waals surface area contributed by atoms with Gasteiger partial charge in [-0.25, -0.2) is 0 Å². The van der Waals surface area contributed by atoms with Crippen molar-refractivity contribution in [3.63, 3.8) is 0 Å². The molecule has 5 nitrogen and oxygen atoms in total. The zero-order valence-corrected chi connectivity index (χ0v) is 20.4. The number of fused-ring (bicyclic) bond motifs is 1. The number of thiophene rings is 1. The van der Waals surface area contributed by atoms with Crippen molar-refractivity contribution < 1.29 is 9.59 Å². The van der Waals surface area contributed by atoms with Gasteiger partial charge in [-0.3, -0.25) is 14.9 Å². The van der Waals surface area contributed by atoms with E-state index in [4.69, 9.17) is 23.8 Å². The topological polar surface area (TPSA) is 70.2 Å². The van der Waals surface area contributed by atoms with Crippen molar-refractivity contribution in [3.8, 4) is 0 Å². The molecule has 3 N–H and O–H groups in total. The molecule has 0 saturated heterocycles. The summed E-state index contributed by atoms with van der Waals surface area (Å²) in [6.07, 6.45) is 0. The molecule has 0 bridgehead atoms. The van der Waals surface area contributed by atoms with Crippen molar-refractivity contribution in [2.45, 2.75) is 26.3 Å². The van der Waals surface area contributed by atoms with E-state index < -0.39 is 0 Å². The lowest BCUT2D eigenvalue weighted by Crippen LogP contribution is -2.40. The van der Waals surface area contributed by atoms with Crippen LogP contribution in [0.15, 0.2) is 46.9 Å². The van der Waals surface area contributed by atoms with Gasteiger partial charge in [0.05, 0.1) is 21.0 Å². The minimum absolute atomic E-state index is 0.147. The van der Waals surface area contributed by atoms with Gasteiger partial charge in [0.1, 0.15) is 4.88 Å². The third kappa shape index (κ3) is 5.18. The Balaban J connectivity index is 1.83. The monoisotopic (exact) mass is 523 g/mol. The molecule has 0 saturated carbocycles. The normalized spacial score (nSPS) is 11.2. The summed E-state index contributed by atoms with van der Waals surface area (Å²) in [6.45, 7) is 5.72. The van der Waals surface area contributed by atoms with Gasteiger partial charge in [-0.15, -0.1) is 11.3 Å². The molecule has 0 aliphatic rings. The Hall–Kier alpha value is -2.00. The number of hydrogen-bond acceptors (Lipinski definition) is 4. The zero-order chi connectivity index (χ0) is 22.1. The standard InChI is InChI=1S/C21H19BrClN3O2S2/c1-21(2,3)26-19(28)17-15(23)12-8-6-10-14(16(12)30-17)24-20(29)25-18(27)11-7-4-5-9-13(11)22/h4-10H,1-3H3,(H,26,28)(H2,24,25,27,29). The highest BCUT2D eigenvalue weighted by atomic mass is 79.9. The van der Waals surface area contributed by atoms with Crippen molar-refractivity contribution in [2.75, 3.05) is 5.32 Å². The van der Waals surface area contributed by atoms with Gasteiger partial charge >= 0.3 is 0 Å². The van der Waals surface area contributed by atoms with E-state index >= 15 is 0 Å². The Labute approximate surface area is 197 Å². The van der Waals surface area contributed by atoms with Crippen molar-refractivity contribution >= 4 is 83.8 Å². The van der Waals surface area contributed by atoms with Gasteiger partial charge in [0.25, 0.3) is 11.8 Å². The van der Waals surface area contributed by atoms with E-state index in [1.54, 1.807) is 18.2 Å². The van der Waals surface area contributed by atoms with Gasteiger partial charge in [0.15, 0.2) is 5.11 Å². The van der Waals surface area contributed by atoms with Crippen LogP contribution in [0.25, 0.3) is 10.1 Å². The predicted octanol–water partition coefficient (Wildman–Crippen LogP) is 5.97. The molecule has 0 radical (unpaired) electrons. The van der Waals surface area contributed by atoms with E-state index in [-0.39, 0.29) is 22.5 Å². The van der Waals surface area contributed by atoms with Crippen molar-refractivity contribution in [1.29, 1.82) is 0 Å². The second-order valence-electron chi connectivity index (χ2n) is 7.52. The lowest BCUT2D eigenvalue weighted by Gasteiger charge is -2.19. The van der Waals surface area contributed by atoms with Crippen molar-refractivity contribution in [1.82, 2.24) is 10.6 Å². The molecule has 1 heterocycles. The number of nitrogens with one attached hydrogen (secondary N) is 3. The number of anilines is 1. The highest BCUT2D eigenvalue weighted by Gasteiger charge is 2.22. The molecule has 9 heteroatoms. The third-order valence-corrected chi connectivity index (χ3v) is 6.58. The molecule has 0 unspecified atom stereocenters. The highest BCUT2D eigenvalue weighted by molar-refractivity contribution is 9.10. The van der Waals surface area contributed by atoms with Gasteiger partial charge in [0, 0.05) is 15.4 Å². The van der Waals surface area contributed by atoms with Gasteiger partial charge in [-0.2, -0.15) is 0 Å². The number of amides is 2. The van der Waals surface area contributed by atoms with E-state index in [9.17, 15) is 9.59 Å². The summed E-state index contributed by atoms with van der Waals surface area (Å²) in [5.41, 5.74) is 0.752. The Morgan fingerprint density at radius 3 is 2.43 bits per heavy atom. The van der Waals surface area contributed by atoms with E-state index in [0.29, 0.717) is 25.6 Å². The number of hydrogen-bond donors (Lipinski definition) is 3. The first-order chi connectivity index (χ1) is 14.1. The SMILES string of the molecule is CC(C)(C)NC(=O)c1sc2c(NC(=S)NC(=O)c3ccccc3Br)cccc2c1Cl. The predicted molar refractivity (Wildman–Crippen MR) is 132 cm³/mol. The van der Waals surface area contributed by atoms with E-state index in [0.717, 1.165) is 10.1 Å². The number of carbonyl (C=O) groups excluding carboxylic acids is 2. The van der Waals surface area contributed by atoms with Crippen LogP contribution in [0.4, 0.5) is 5.69 Å². The smallest absolute Gasteiger partial charge is 0.263 e. The largest absolute Gasteiger partial charge is 0.347 e. The summed E-state index contributed by atoms with van der Waals surface area (Å²) < 4.78 is 1.45. The second kappa shape index (κ2) is 9.01. The number of rotatable bonds is 3. The van der Waals surface area contributed by atoms with E-state index in [1.807, 2.05) is 45.0 Å². The third-order valence-electron chi connectivity index (χ3n) is 3.94. The Kier molecular flexibility index (Phi) is 6.81. The summed E-state index contributed by atoms with van der Waals surface area (Å²) in [5, 5.41) is 9.91. The molecular weight excluding hydrogens is 506 g/mol. The van der Waals surface area contributed by atoms with Crippen LogP contribution in [-0.2, 0) is 0 Å². The second-order valence-corrected chi connectivity index (χ2v) is 10.2. The average Bonchev–Trinajstić information content (AvgIpc) is 2.99. The summed E-state index contributed by atoms with van der Waals surface area (Å²) >= 11 is 16.4. The van der Waals surface area contributed by atoms with Crippen LogP contribution >= 0.6 is 51.1 Å². The summed E-state index contributed by atoms with van der Waals surface area (Å²) in [7, 11) is 0. The number of halogens is 2.